The molecule has 2 heteroatoms. The van der Waals surface area contributed by atoms with Crippen molar-refractivity contribution in [2.75, 3.05) is 13.7 Å². The maximum Gasteiger partial charge on any atom is 0.122 e. The Bertz CT molecular complexity index is 565. The molecule has 0 amide bonds. The van der Waals surface area contributed by atoms with E-state index in [9.17, 15) is 0 Å². The maximum absolute atomic E-state index is 5.45. The van der Waals surface area contributed by atoms with E-state index in [1.807, 2.05) is 12.1 Å². The van der Waals surface area contributed by atoms with Crippen LogP contribution in [0.4, 0.5) is 0 Å². The van der Waals surface area contributed by atoms with E-state index >= 15 is 0 Å². The second-order valence-electron chi connectivity index (χ2n) is 4.97. The molecular formula is C17H19NO. The fraction of sp³-hybridized carbons (Fsp3) is 0.294. The zero-order valence-electron chi connectivity index (χ0n) is 11.2. The molecule has 1 aliphatic rings. The van der Waals surface area contributed by atoms with E-state index in [1.165, 1.54) is 16.7 Å². The summed E-state index contributed by atoms with van der Waals surface area (Å²) in [6.07, 6.45) is 2.10. The van der Waals surface area contributed by atoms with Crippen molar-refractivity contribution in [2.24, 2.45) is 0 Å². The Morgan fingerprint density at radius 1 is 1.11 bits per heavy atom. The van der Waals surface area contributed by atoms with Crippen LogP contribution in [0.1, 0.15) is 22.7 Å². The van der Waals surface area contributed by atoms with E-state index in [0.717, 1.165) is 25.1 Å². The van der Waals surface area contributed by atoms with Gasteiger partial charge in [0.15, 0.2) is 0 Å². The number of benzene rings is 2. The molecule has 19 heavy (non-hydrogen) atoms. The highest BCUT2D eigenvalue weighted by Crippen LogP contribution is 2.28. The predicted octanol–water partition coefficient (Wildman–Crippen LogP) is 3.12. The van der Waals surface area contributed by atoms with Gasteiger partial charge < -0.3 is 10.1 Å². The van der Waals surface area contributed by atoms with Gasteiger partial charge >= 0.3 is 0 Å². The Balaban J connectivity index is 1.88. The first kappa shape index (κ1) is 12.2. The van der Waals surface area contributed by atoms with Crippen LogP contribution < -0.4 is 10.1 Å². The zero-order valence-corrected chi connectivity index (χ0v) is 11.2. The molecule has 0 radical (unpaired) electrons. The minimum Gasteiger partial charge on any atom is -0.496 e. The average Bonchev–Trinajstić information content (AvgIpc) is 2.48. The molecule has 2 aromatic rings. The van der Waals surface area contributed by atoms with Crippen LogP contribution >= 0.6 is 0 Å². The van der Waals surface area contributed by atoms with E-state index in [2.05, 4.69) is 41.7 Å². The molecule has 0 saturated heterocycles. The van der Waals surface area contributed by atoms with Gasteiger partial charge in [-0.1, -0.05) is 42.5 Å². The highest BCUT2D eigenvalue weighted by Gasteiger charge is 2.20. The summed E-state index contributed by atoms with van der Waals surface area (Å²) in [4.78, 5) is 0. The minimum absolute atomic E-state index is 0.390. The van der Waals surface area contributed by atoms with Crippen molar-refractivity contribution >= 4 is 0 Å². The second kappa shape index (κ2) is 5.45. The van der Waals surface area contributed by atoms with Crippen LogP contribution in [0, 0.1) is 0 Å². The Labute approximate surface area is 114 Å². The molecule has 0 saturated carbocycles. The lowest BCUT2D eigenvalue weighted by Gasteiger charge is -2.27. The molecule has 0 bridgehead atoms. The number of para-hydroxylation sites is 1. The fourth-order valence-corrected chi connectivity index (χ4v) is 2.87. The first-order valence-electron chi connectivity index (χ1n) is 6.81. The molecule has 1 atom stereocenters. The normalized spacial score (nSPS) is 17.8. The summed E-state index contributed by atoms with van der Waals surface area (Å²) in [5.74, 6) is 0.979. The van der Waals surface area contributed by atoms with Crippen molar-refractivity contribution in [3.8, 4) is 5.75 Å². The first-order valence-corrected chi connectivity index (χ1v) is 6.81. The van der Waals surface area contributed by atoms with Crippen molar-refractivity contribution in [1.82, 2.24) is 5.32 Å². The van der Waals surface area contributed by atoms with Gasteiger partial charge in [0.05, 0.1) is 7.11 Å². The molecule has 1 aliphatic heterocycles. The van der Waals surface area contributed by atoms with E-state index in [-0.39, 0.29) is 0 Å². The van der Waals surface area contributed by atoms with Gasteiger partial charge in [-0.25, -0.2) is 0 Å². The Hall–Kier alpha value is -1.80. The quantitative estimate of drug-likeness (QED) is 0.907. The lowest BCUT2D eigenvalue weighted by atomic mass is 9.90. The van der Waals surface area contributed by atoms with Gasteiger partial charge in [-0.15, -0.1) is 0 Å². The third-order valence-corrected chi connectivity index (χ3v) is 3.83. The van der Waals surface area contributed by atoms with Crippen LogP contribution in [0.3, 0.4) is 0 Å². The zero-order chi connectivity index (χ0) is 13.1. The van der Waals surface area contributed by atoms with E-state index in [4.69, 9.17) is 4.74 Å². The number of hydrogen-bond acceptors (Lipinski definition) is 2. The molecule has 0 aromatic heterocycles. The molecule has 3 rings (SSSR count). The number of nitrogens with one attached hydrogen (secondary N) is 1. The smallest absolute Gasteiger partial charge is 0.122 e. The molecule has 0 spiro atoms. The predicted molar refractivity (Wildman–Crippen MR) is 77.6 cm³/mol. The van der Waals surface area contributed by atoms with Gasteiger partial charge in [-0.2, -0.15) is 0 Å². The molecule has 0 aliphatic carbocycles. The SMILES string of the molecule is COc1ccccc1CC1NCCc2ccccc21. The first-order chi connectivity index (χ1) is 9.38. The summed E-state index contributed by atoms with van der Waals surface area (Å²) in [6.45, 7) is 1.05. The monoisotopic (exact) mass is 253 g/mol. The van der Waals surface area contributed by atoms with Crippen LogP contribution in [-0.2, 0) is 12.8 Å². The van der Waals surface area contributed by atoms with Crippen LogP contribution in [-0.4, -0.2) is 13.7 Å². The molecule has 0 fully saturated rings. The van der Waals surface area contributed by atoms with E-state index in [1.54, 1.807) is 7.11 Å². The topological polar surface area (TPSA) is 21.3 Å². The summed E-state index contributed by atoms with van der Waals surface area (Å²) in [5.41, 5.74) is 4.17. The summed E-state index contributed by atoms with van der Waals surface area (Å²) >= 11 is 0. The van der Waals surface area contributed by atoms with Gasteiger partial charge in [0, 0.05) is 6.04 Å². The molecular weight excluding hydrogens is 234 g/mol. The van der Waals surface area contributed by atoms with E-state index < -0.39 is 0 Å². The third kappa shape index (κ3) is 2.49. The highest BCUT2D eigenvalue weighted by atomic mass is 16.5. The van der Waals surface area contributed by atoms with Crippen molar-refractivity contribution in [1.29, 1.82) is 0 Å². The van der Waals surface area contributed by atoms with Crippen molar-refractivity contribution in [3.63, 3.8) is 0 Å². The lowest BCUT2D eigenvalue weighted by Crippen LogP contribution is -2.31. The Morgan fingerprint density at radius 2 is 1.89 bits per heavy atom. The van der Waals surface area contributed by atoms with Crippen LogP contribution in [0.15, 0.2) is 48.5 Å². The molecule has 1 N–H and O–H groups in total. The van der Waals surface area contributed by atoms with E-state index in [0.29, 0.717) is 6.04 Å². The maximum atomic E-state index is 5.45. The van der Waals surface area contributed by atoms with Crippen molar-refractivity contribution in [3.05, 3.63) is 65.2 Å². The summed E-state index contributed by atoms with van der Waals surface area (Å²) in [6, 6.07) is 17.4. The Morgan fingerprint density at radius 3 is 2.79 bits per heavy atom. The Kier molecular flexibility index (Phi) is 3.51. The van der Waals surface area contributed by atoms with Gasteiger partial charge in [-0.05, 0) is 42.1 Å². The van der Waals surface area contributed by atoms with Gasteiger partial charge in [0.25, 0.3) is 0 Å². The van der Waals surface area contributed by atoms with Gasteiger partial charge in [0.2, 0.25) is 0 Å². The van der Waals surface area contributed by atoms with Crippen LogP contribution in [0.25, 0.3) is 0 Å². The summed E-state index contributed by atoms with van der Waals surface area (Å²) < 4.78 is 5.45. The lowest BCUT2D eigenvalue weighted by molar-refractivity contribution is 0.404. The van der Waals surface area contributed by atoms with Gasteiger partial charge in [-0.3, -0.25) is 0 Å². The molecule has 1 unspecified atom stereocenters. The fourth-order valence-electron chi connectivity index (χ4n) is 2.87. The number of rotatable bonds is 3. The summed E-state index contributed by atoms with van der Waals surface area (Å²) in [5, 5.41) is 3.62. The number of fused-ring (bicyclic) bond motifs is 1. The molecule has 2 aromatic carbocycles. The number of methoxy groups -OCH3 is 1. The van der Waals surface area contributed by atoms with Crippen LogP contribution in [0.2, 0.25) is 0 Å². The van der Waals surface area contributed by atoms with Gasteiger partial charge in [0.1, 0.15) is 5.75 Å². The molecule has 98 valence electrons. The van der Waals surface area contributed by atoms with Crippen molar-refractivity contribution in [2.45, 2.75) is 18.9 Å². The minimum atomic E-state index is 0.390. The largest absolute Gasteiger partial charge is 0.496 e. The molecule has 2 nitrogen and oxygen atoms in total. The standard InChI is InChI=1S/C17H19NO/c1-19-17-9-5-3-7-14(17)12-16-15-8-4-2-6-13(15)10-11-18-16/h2-9,16,18H,10-12H2,1H3. The summed E-state index contributed by atoms with van der Waals surface area (Å²) in [7, 11) is 1.74. The number of ether oxygens (including phenoxy) is 1. The molecule has 1 heterocycles. The average molecular weight is 253 g/mol. The van der Waals surface area contributed by atoms with Crippen LogP contribution in [0.5, 0.6) is 5.75 Å². The number of hydrogen-bond donors (Lipinski definition) is 1. The highest BCUT2D eigenvalue weighted by molar-refractivity contribution is 5.38. The third-order valence-electron chi connectivity index (χ3n) is 3.83. The van der Waals surface area contributed by atoms with Crippen molar-refractivity contribution < 1.29 is 4.74 Å². The second-order valence-corrected chi connectivity index (χ2v) is 4.97.